The summed E-state index contributed by atoms with van der Waals surface area (Å²) in [6, 6.07) is 8.10. The van der Waals surface area contributed by atoms with Crippen LogP contribution in [0.1, 0.15) is 20.8 Å². The Morgan fingerprint density at radius 3 is 2.55 bits per heavy atom. The zero-order valence-electron chi connectivity index (χ0n) is 10.0. The molecule has 0 aliphatic heterocycles. The lowest BCUT2D eigenvalue weighted by atomic mass is 10.2. The Balaban J connectivity index is 2.24. The molecule has 0 saturated carbocycles. The highest BCUT2D eigenvalue weighted by atomic mass is 35.5. The molecule has 0 fully saturated rings. The van der Waals surface area contributed by atoms with Crippen LogP contribution in [0, 0.1) is 0 Å². The number of H-pyrrole nitrogens is 1. The van der Waals surface area contributed by atoms with E-state index in [1.807, 2.05) is 0 Å². The van der Waals surface area contributed by atoms with Gasteiger partial charge in [0.25, 0.3) is 5.91 Å². The Kier molecular flexibility index (Phi) is 3.86. The number of aromatic carboxylic acids is 1. The van der Waals surface area contributed by atoms with Crippen molar-refractivity contribution in [2.75, 3.05) is 5.32 Å². The fourth-order valence-corrected chi connectivity index (χ4v) is 1.75. The van der Waals surface area contributed by atoms with Crippen LogP contribution in [0.3, 0.4) is 0 Å². The Morgan fingerprint density at radius 2 is 1.95 bits per heavy atom. The van der Waals surface area contributed by atoms with Gasteiger partial charge in [-0.05, 0) is 24.3 Å². The van der Waals surface area contributed by atoms with Gasteiger partial charge in [0.05, 0.1) is 16.3 Å². The molecule has 0 bridgehead atoms. The largest absolute Gasteiger partial charge is 0.478 e. The summed E-state index contributed by atoms with van der Waals surface area (Å²) in [5.41, 5.74) is -0.0478. The molecule has 2 aromatic rings. The van der Waals surface area contributed by atoms with Gasteiger partial charge < -0.3 is 15.4 Å². The molecular weight excluding hydrogens is 284 g/mol. The van der Waals surface area contributed by atoms with E-state index in [1.54, 1.807) is 0 Å². The molecule has 1 aromatic carbocycles. The van der Waals surface area contributed by atoms with Gasteiger partial charge >= 0.3 is 5.97 Å². The molecule has 0 radical (unpaired) electrons. The third-order valence-electron chi connectivity index (χ3n) is 2.48. The Bertz CT molecular complexity index is 739. The molecule has 3 N–H and O–H groups in total. The highest BCUT2D eigenvalue weighted by Gasteiger charge is 2.11. The number of anilines is 1. The molecule has 0 spiro atoms. The molecule has 6 nitrogen and oxygen atoms in total. The van der Waals surface area contributed by atoms with Gasteiger partial charge in [-0.1, -0.05) is 17.7 Å². The molecule has 0 unspecified atom stereocenters. The standard InChI is InChI=1S/C13H9ClN2O4/c14-8-6-7(13(19)20)4-5-9(8)16-12(18)10-2-1-3-11(17)15-10/h1-6H,(H,15,17)(H,16,18)(H,19,20). The molecule has 1 aromatic heterocycles. The topological polar surface area (TPSA) is 99.3 Å². The van der Waals surface area contributed by atoms with E-state index in [2.05, 4.69) is 10.3 Å². The summed E-state index contributed by atoms with van der Waals surface area (Å²) in [7, 11) is 0. The van der Waals surface area contributed by atoms with E-state index in [9.17, 15) is 14.4 Å². The number of hydrogen-bond acceptors (Lipinski definition) is 3. The third kappa shape index (κ3) is 3.04. The van der Waals surface area contributed by atoms with E-state index in [0.29, 0.717) is 0 Å². The van der Waals surface area contributed by atoms with Gasteiger partial charge in [-0.25, -0.2) is 4.79 Å². The van der Waals surface area contributed by atoms with Crippen LogP contribution in [0.4, 0.5) is 5.69 Å². The van der Waals surface area contributed by atoms with Gasteiger partial charge in [0.1, 0.15) is 5.69 Å². The van der Waals surface area contributed by atoms with Crippen molar-refractivity contribution < 1.29 is 14.7 Å². The number of carbonyl (C=O) groups is 2. The Labute approximate surface area is 118 Å². The molecule has 0 aliphatic carbocycles. The summed E-state index contributed by atoms with van der Waals surface area (Å²) >= 11 is 5.89. The predicted molar refractivity (Wildman–Crippen MR) is 73.4 cm³/mol. The van der Waals surface area contributed by atoms with E-state index in [-0.39, 0.29) is 22.0 Å². The minimum Gasteiger partial charge on any atom is -0.478 e. The van der Waals surface area contributed by atoms with Gasteiger partial charge in [-0.15, -0.1) is 0 Å². The van der Waals surface area contributed by atoms with Crippen LogP contribution < -0.4 is 10.9 Å². The summed E-state index contributed by atoms with van der Waals surface area (Å²) in [4.78, 5) is 36.1. The number of nitrogens with one attached hydrogen (secondary N) is 2. The zero-order chi connectivity index (χ0) is 14.7. The number of halogens is 1. The Morgan fingerprint density at radius 1 is 1.20 bits per heavy atom. The molecule has 2 rings (SSSR count). The number of carbonyl (C=O) groups excluding carboxylic acids is 1. The average Bonchev–Trinajstić information content (AvgIpc) is 2.40. The average molecular weight is 293 g/mol. The van der Waals surface area contributed by atoms with Crippen molar-refractivity contribution in [1.82, 2.24) is 4.98 Å². The fraction of sp³-hybridized carbons (Fsp3) is 0. The lowest BCUT2D eigenvalue weighted by molar-refractivity contribution is 0.0696. The van der Waals surface area contributed by atoms with Crippen molar-refractivity contribution in [3.63, 3.8) is 0 Å². The molecule has 0 saturated heterocycles. The quantitative estimate of drug-likeness (QED) is 0.805. The maximum absolute atomic E-state index is 11.9. The van der Waals surface area contributed by atoms with Gasteiger partial charge in [-0.3, -0.25) is 9.59 Å². The van der Waals surface area contributed by atoms with Crippen molar-refractivity contribution in [1.29, 1.82) is 0 Å². The number of amides is 1. The second kappa shape index (κ2) is 5.58. The first-order chi connectivity index (χ1) is 9.47. The number of hydrogen-bond donors (Lipinski definition) is 3. The van der Waals surface area contributed by atoms with Gasteiger partial charge in [0.15, 0.2) is 0 Å². The molecule has 0 atom stereocenters. The first kappa shape index (κ1) is 13.8. The normalized spacial score (nSPS) is 10.1. The van der Waals surface area contributed by atoms with E-state index in [0.717, 1.165) is 0 Å². The minimum absolute atomic E-state index is 0.0149. The maximum atomic E-state index is 11.9. The summed E-state index contributed by atoms with van der Waals surface area (Å²) in [5, 5.41) is 11.4. The molecule has 0 aliphatic rings. The number of carboxylic acids is 1. The van der Waals surface area contributed by atoms with Crippen LogP contribution in [0.5, 0.6) is 0 Å². The summed E-state index contributed by atoms with van der Waals surface area (Å²) in [6.07, 6.45) is 0. The van der Waals surface area contributed by atoms with E-state index in [1.165, 1.54) is 36.4 Å². The highest BCUT2D eigenvalue weighted by Crippen LogP contribution is 2.23. The van der Waals surface area contributed by atoms with Gasteiger partial charge in [0, 0.05) is 6.07 Å². The van der Waals surface area contributed by atoms with Crippen LogP contribution in [0.15, 0.2) is 41.2 Å². The lowest BCUT2D eigenvalue weighted by Gasteiger charge is -2.07. The number of benzene rings is 1. The van der Waals surface area contributed by atoms with Gasteiger partial charge in [0.2, 0.25) is 5.56 Å². The molecule has 20 heavy (non-hydrogen) atoms. The first-order valence-electron chi connectivity index (χ1n) is 5.51. The van der Waals surface area contributed by atoms with Gasteiger partial charge in [-0.2, -0.15) is 0 Å². The second-order valence-corrected chi connectivity index (χ2v) is 4.29. The maximum Gasteiger partial charge on any atom is 0.335 e. The van der Waals surface area contributed by atoms with Crippen molar-refractivity contribution in [3.8, 4) is 0 Å². The van der Waals surface area contributed by atoms with E-state index < -0.39 is 17.4 Å². The second-order valence-electron chi connectivity index (χ2n) is 3.88. The monoisotopic (exact) mass is 292 g/mol. The van der Waals surface area contributed by atoms with Crippen LogP contribution in [-0.2, 0) is 0 Å². The molecular formula is C13H9ClN2O4. The molecule has 7 heteroatoms. The van der Waals surface area contributed by atoms with Crippen molar-refractivity contribution >= 4 is 29.2 Å². The van der Waals surface area contributed by atoms with Crippen molar-refractivity contribution in [2.45, 2.75) is 0 Å². The number of carboxylic acid groups (broad SMARTS) is 1. The SMILES string of the molecule is O=C(O)c1ccc(NC(=O)c2cccc(=O)[nH]2)c(Cl)c1. The smallest absolute Gasteiger partial charge is 0.335 e. The van der Waals surface area contributed by atoms with Crippen LogP contribution >= 0.6 is 11.6 Å². The molecule has 102 valence electrons. The number of pyridine rings is 1. The van der Waals surface area contributed by atoms with Crippen LogP contribution in [0.2, 0.25) is 5.02 Å². The minimum atomic E-state index is -1.11. The summed E-state index contributed by atoms with van der Waals surface area (Å²) in [5.74, 6) is -1.66. The summed E-state index contributed by atoms with van der Waals surface area (Å²) in [6.45, 7) is 0. The van der Waals surface area contributed by atoms with E-state index >= 15 is 0 Å². The Hall–Kier alpha value is -2.60. The number of rotatable bonds is 3. The predicted octanol–water partition coefficient (Wildman–Crippen LogP) is 1.98. The fourth-order valence-electron chi connectivity index (χ4n) is 1.52. The van der Waals surface area contributed by atoms with Crippen molar-refractivity contribution in [2.24, 2.45) is 0 Å². The lowest BCUT2D eigenvalue weighted by Crippen LogP contribution is -2.18. The van der Waals surface area contributed by atoms with Crippen LogP contribution in [0.25, 0.3) is 0 Å². The van der Waals surface area contributed by atoms with Crippen molar-refractivity contribution in [3.05, 3.63) is 63.0 Å². The summed E-state index contributed by atoms with van der Waals surface area (Å²) < 4.78 is 0. The number of aromatic nitrogens is 1. The zero-order valence-corrected chi connectivity index (χ0v) is 10.8. The number of aromatic amines is 1. The highest BCUT2D eigenvalue weighted by molar-refractivity contribution is 6.34. The third-order valence-corrected chi connectivity index (χ3v) is 2.79. The molecule has 1 heterocycles. The first-order valence-corrected chi connectivity index (χ1v) is 5.88. The molecule has 1 amide bonds. The van der Waals surface area contributed by atoms with Crippen LogP contribution in [-0.4, -0.2) is 22.0 Å². The van der Waals surface area contributed by atoms with E-state index in [4.69, 9.17) is 16.7 Å².